The van der Waals surface area contributed by atoms with Gasteiger partial charge in [0, 0.05) is 5.56 Å². The lowest BCUT2D eigenvalue weighted by Crippen LogP contribution is -2.09. The van der Waals surface area contributed by atoms with E-state index in [1.807, 2.05) is 0 Å². The molecule has 22 heavy (non-hydrogen) atoms. The first-order chi connectivity index (χ1) is 10.2. The van der Waals surface area contributed by atoms with E-state index < -0.39 is 11.9 Å². The SMILES string of the molecule is N#CCc1cc(-c2c(Cl)ccc(Cl)c2Cl)nc(C(F)(F)F)c1. The third-order valence-corrected chi connectivity index (χ3v) is 3.88. The molecule has 2 aromatic rings. The van der Waals surface area contributed by atoms with Crippen LogP contribution in [0.25, 0.3) is 11.3 Å². The average Bonchev–Trinajstić information content (AvgIpc) is 2.43. The lowest BCUT2D eigenvalue weighted by atomic mass is 10.1. The predicted octanol–water partition coefficient (Wildman–Crippen LogP) is 5.79. The summed E-state index contributed by atoms with van der Waals surface area (Å²) in [5.41, 5.74) is -0.951. The van der Waals surface area contributed by atoms with E-state index in [2.05, 4.69) is 4.98 Å². The lowest BCUT2D eigenvalue weighted by molar-refractivity contribution is -0.141. The van der Waals surface area contributed by atoms with E-state index in [0.717, 1.165) is 6.07 Å². The molecular formula is C14H6Cl3F3N2. The average molecular weight is 366 g/mol. The third kappa shape index (κ3) is 3.46. The Morgan fingerprint density at radius 3 is 2.32 bits per heavy atom. The van der Waals surface area contributed by atoms with Gasteiger partial charge in [0.1, 0.15) is 5.69 Å². The van der Waals surface area contributed by atoms with Crippen LogP contribution in [0.3, 0.4) is 0 Å². The van der Waals surface area contributed by atoms with Gasteiger partial charge in [-0.25, -0.2) is 4.98 Å². The van der Waals surface area contributed by atoms with Gasteiger partial charge in [-0.1, -0.05) is 34.8 Å². The number of nitriles is 1. The fraction of sp³-hybridized carbons (Fsp3) is 0.143. The molecule has 114 valence electrons. The molecule has 2 rings (SSSR count). The van der Waals surface area contributed by atoms with E-state index in [1.54, 1.807) is 6.07 Å². The molecule has 8 heteroatoms. The zero-order valence-electron chi connectivity index (χ0n) is 10.7. The maximum Gasteiger partial charge on any atom is 0.433 e. The molecule has 0 radical (unpaired) electrons. The summed E-state index contributed by atoms with van der Waals surface area (Å²) < 4.78 is 38.8. The number of nitrogens with zero attached hydrogens (tertiary/aromatic N) is 2. The van der Waals surface area contributed by atoms with Crippen molar-refractivity contribution in [2.75, 3.05) is 0 Å². The molecular weight excluding hydrogens is 360 g/mol. The van der Waals surface area contributed by atoms with Crippen LogP contribution in [-0.2, 0) is 12.6 Å². The van der Waals surface area contributed by atoms with Crippen LogP contribution < -0.4 is 0 Å². The number of halogens is 6. The van der Waals surface area contributed by atoms with Gasteiger partial charge in [-0.2, -0.15) is 18.4 Å². The largest absolute Gasteiger partial charge is 0.433 e. The molecule has 0 atom stereocenters. The van der Waals surface area contributed by atoms with Crippen molar-refractivity contribution in [2.24, 2.45) is 0 Å². The van der Waals surface area contributed by atoms with Gasteiger partial charge in [-0.05, 0) is 29.8 Å². The van der Waals surface area contributed by atoms with Crippen LogP contribution in [0.1, 0.15) is 11.3 Å². The van der Waals surface area contributed by atoms with Crippen LogP contribution in [0.4, 0.5) is 13.2 Å². The summed E-state index contributed by atoms with van der Waals surface area (Å²) in [5, 5.41) is 8.96. The van der Waals surface area contributed by atoms with Gasteiger partial charge < -0.3 is 0 Å². The Morgan fingerprint density at radius 2 is 1.73 bits per heavy atom. The van der Waals surface area contributed by atoms with E-state index in [-0.39, 0.29) is 38.3 Å². The first kappa shape index (κ1) is 16.9. The molecule has 1 aromatic carbocycles. The molecule has 0 aliphatic heterocycles. The fourth-order valence-corrected chi connectivity index (χ4v) is 2.54. The molecule has 0 spiro atoms. The molecule has 0 N–H and O–H groups in total. The van der Waals surface area contributed by atoms with Gasteiger partial charge in [0.15, 0.2) is 0 Å². The van der Waals surface area contributed by atoms with Crippen LogP contribution in [0.15, 0.2) is 24.3 Å². The minimum Gasteiger partial charge on any atom is -0.243 e. The zero-order valence-corrected chi connectivity index (χ0v) is 12.9. The molecule has 0 amide bonds. The van der Waals surface area contributed by atoms with Gasteiger partial charge in [0.25, 0.3) is 0 Å². The van der Waals surface area contributed by atoms with Crippen molar-refractivity contribution in [2.45, 2.75) is 12.6 Å². The molecule has 0 bridgehead atoms. The molecule has 0 saturated heterocycles. The van der Waals surface area contributed by atoms with E-state index in [0.29, 0.717) is 0 Å². The zero-order chi connectivity index (χ0) is 16.5. The quantitative estimate of drug-likeness (QED) is 0.631. The highest BCUT2D eigenvalue weighted by Crippen LogP contribution is 2.40. The summed E-state index contributed by atoms with van der Waals surface area (Å²) in [6, 6.07) is 6.79. The summed E-state index contributed by atoms with van der Waals surface area (Å²) in [4.78, 5) is 3.56. The Morgan fingerprint density at radius 1 is 1.09 bits per heavy atom. The third-order valence-electron chi connectivity index (χ3n) is 2.76. The number of pyridine rings is 1. The molecule has 0 aliphatic carbocycles. The number of benzene rings is 1. The number of aromatic nitrogens is 1. The Kier molecular flexibility index (Phi) is 4.86. The van der Waals surface area contributed by atoms with Crippen molar-refractivity contribution in [1.82, 2.24) is 4.98 Å². The first-order valence-electron chi connectivity index (χ1n) is 5.83. The van der Waals surface area contributed by atoms with E-state index in [9.17, 15) is 13.2 Å². The summed E-state index contributed by atoms with van der Waals surface area (Å²) in [6.07, 6.45) is -4.86. The number of hydrogen-bond donors (Lipinski definition) is 0. The van der Waals surface area contributed by atoms with E-state index >= 15 is 0 Å². The summed E-state index contributed by atoms with van der Waals surface area (Å²) in [5.74, 6) is 0. The van der Waals surface area contributed by atoms with Crippen molar-refractivity contribution < 1.29 is 13.2 Å². The Bertz CT molecular complexity index is 767. The Hall–Kier alpha value is -1.48. The molecule has 1 aromatic heterocycles. The first-order valence-corrected chi connectivity index (χ1v) is 6.96. The normalized spacial score (nSPS) is 11.3. The highest BCUT2D eigenvalue weighted by molar-refractivity contribution is 6.46. The van der Waals surface area contributed by atoms with Gasteiger partial charge in [-0.15, -0.1) is 0 Å². The van der Waals surface area contributed by atoms with Crippen LogP contribution >= 0.6 is 34.8 Å². The summed E-state index contributed by atoms with van der Waals surface area (Å²) in [6.45, 7) is 0. The summed E-state index contributed by atoms with van der Waals surface area (Å²) >= 11 is 17.9. The van der Waals surface area contributed by atoms with Crippen molar-refractivity contribution in [1.29, 1.82) is 5.26 Å². The number of hydrogen-bond acceptors (Lipinski definition) is 2. The maximum atomic E-state index is 12.9. The number of rotatable bonds is 2. The monoisotopic (exact) mass is 364 g/mol. The smallest absolute Gasteiger partial charge is 0.243 e. The second-order valence-corrected chi connectivity index (χ2v) is 5.49. The topological polar surface area (TPSA) is 36.7 Å². The van der Waals surface area contributed by atoms with Crippen molar-refractivity contribution in [3.8, 4) is 17.3 Å². The minimum atomic E-state index is -4.66. The van der Waals surface area contributed by atoms with E-state index in [4.69, 9.17) is 40.1 Å². The fourth-order valence-electron chi connectivity index (χ4n) is 1.82. The highest BCUT2D eigenvalue weighted by Gasteiger charge is 2.33. The minimum absolute atomic E-state index is 0.00361. The molecule has 0 fully saturated rings. The maximum absolute atomic E-state index is 12.9. The van der Waals surface area contributed by atoms with Crippen molar-refractivity contribution in [3.05, 3.63) is 50.6 Å². The highest BCUT2D eigenvalue weighted by atomic mass is 35.5. The van der Waals surface area contributed by atoms with Gasteiger partial charge in [0.2, 0.25) is 0 Å². The van der Waals surface area contributed by atoms with Gasteiger partial charge >= 0.3 is 6.18 Å². The van der Waals surface area contributed by atoms with E-state index in [1.165, 1.54) is 18.2 Å². The Labute approximate surface area is 139 Å². The molecule has 1 heterocycles. The van der Waals surface area contributed by atoms with Crippen molar-refractivity contribution >= 4 is 34.8 Å². The summed E-state index contributed by atoms with van der Waals surface area (Å²) in [7, 11) is 0. The second kappa shape index (κ2) is 6.33. The van der Waals surface area contributed by atoms with Crippen LogP contribution in [0.5, 0.6) is 0 Å². The molecule has 0 unspecified atom stereocenters. The van der Waals surface area contributed by atoms with Crippen LogP contribution in [-0.4, -0.2) is 4.98 Å². The predicted molar refractivity (Wildman–Crippen MR) is 79.0 cm³/mol. The Balaban J connectivity index is 2.73. The van der Waals surface area contributed by atoms with Crippen molar-refractivity contribution in [3.63, 3.8) is 0 Å². The lowest BCUT2D eigenvalue weighted by Gasteiger charge is -2.13. The van der Waals surface area contributed by atoms with Crippen LogP contribution in [0, 0.1) is 11.3 Å². The van der Waals surface area contributed by atoms with Gasteiger partial charge in [0.05, 0.1) is 33.3 Å². The molecule has 0 aliphatic rings. The van der Waals surface area contributed by atoms with Crippen LogP contribution in [0.2, 0.25) is 15.1 Å². The standard InChI is InChI=1S/C14H6Cl3F3N2/c15-8-1-2-9(16)13(17)12(8)10-5-7(3-4-21)6-11(22-10)14(18,19)20/h1-2,5-6H,3H2. The molecule has 0 saturated carbocycles. The number of alkyl halides is 3. The second-order valence-electron chi connectivity index (χ2n) is 4.30. The van der Waals surface area contributed by atoms with Gasteiger partial charge in [-0.3, -0.25) is 0 Å². The molecule has 2 nitrogen and oxygen atoms in total.